The first kappa shape index (κ1) is 16.6. The maximum Gasteiger partial charge on any atom is 0.336 e. The normalized spacial score (nSPS) is 33.4. The summed E-state index contributed by atoms with van der Waals surface area (Å²) in [5, 5.41) is 29.0. The Morgan fingerprint density at radius 3 is 2.77 bits per heavy atom. The van der Waals surface area contributed by atoms with E-state index in [1.54, 1.807) is 0 Å². The Morgan fingerprint density at radius 2 is 2.12 bits per heavy atom. The summed E-state index contributed by atoms with van der Waals surface area (Å²) in [4.78, 5) is 34.6. The van der Waals surface area contributed by atoms with Crippen molar-refractivity contribution in [3.8, 4) is 0 Å². The SMILES string of the molecule is Nc1ncnc2c1ncn2[C@@H]1O[C@@H]2CC(CC(=O)O)(C(=O)O)O[C@H]2[C@H]1O. The fourth-order valence-corrected chi connectivity index (χ4v) is 3.52. The predicted molar refractivity (Wildman–Crippen MR) is 81.8 cm³/mol. The summed E-state index contributed by atoms with van der Waals surface area (Å²) in [6.07, 6.45) is -2.26. The van der Waals surface area contributed by atoms with Gasteiger partial charge in [-0.05, 0) is 0 Å². The van der Waals surface area contributed by atoms with E-state index in [1.165, 1.54) is 17.2 Å². The van der Waals surface area contributed by atoms with Gasteiger partial charge in [-0.25, -0.2) is 19.7 Å². The molecule has 4 heterocycles. The molecular formula is C14H15N5O7. The van der Waals surface area contributed by atoms with Crippen LogP contribution in [0.2, 0.25) is 0 Å². The number of fused-ring (bicyclic) bond motifs is 2. The van der Waals surface area contributed by atoms with Crippen LogP contribution in [0.1, 0.15) is 19.1 Å². The van der Waals surface area contributed by atoms with E-state index in [4.69, 9.17) is 20.3 Å². The number of nitrogens with two attached hydrogens (primary N) is 1. The molecule has 2 aliphatic heterocycles. The maximum atomic E-state index is 11.5. The van der Waals surface area contributed by atoms with Gasteiger partial charge in [0.1, 0.15) is 24.1 Å². The lowest BCUT2D eigenvalue weighted by Crippen LogP contribution is -2.43. The Kier molecular flexibility index (Phi) is 3.57. The Morgan fingerprint density at radius 1 is 1.35 bits per heavy atom. The van der Waals surface area contributed by atoms with Crippen molar-refractivity contribution in [2.45, 2.75) is 43.0 Å². The highest BCUT2D eigenvalue weighted by molar-refractivity contribution is 5.84. The second-order valence-corrected chi connectivity index (χ2v) is 6.30. The van der Waals surface area contributed by atoms with Crippen molar-refractivity contribution in [1.29, 1.82) is 0 Å². The minimum absolute atomic E-state index is 0.170. The molecule has 5 atom stereocenters. The first-order valence-electron chi connectivity index (χ1n) is 7.72. The number of ether oxygens (including phenoxy) is 2. The number of aromatic nitrogens is 4. The molecule has 2 fully saturated rings. The molecule has 4 rings (SSSR count). The second-order valence-electron chi connectivity index (χ2n) is 6.30. The lowest BCUT2D eigenvalue weighted by Gasteiger charge is -2.26. The zero-order valence-corrected chi connectivity index (χ0v) is 13.2. The molecule has 0 radical (unpaired) electrons. The number of hydrogen-bond donors (Lipinski definition) is 4. The fraction of sp³-hybridized carbons (Fsp3) is 0.500. The number of nitrogen functional groups attached to an aromatic ring is 1. The van der Waals surface area contributed by atoms with Gasteiger partial charge in [-0.1, -0.05) is 0 Å². The van der Waals surface area contributed by atoms with Crippen molar-refractivity contribution in [2.75, 3.05) is 5.73 Å². The highest BCUT2D eigenvalue weighted by Crippen LogP contribution is 2.45. The van der Waals surface area contributed by atoms with Gasteiger partial charge in [-0.15, -0.1) is 0 Å². The molecule has 2 aromatic rings. The minimum atomic E-state index is -1.93. The lowest BCUT2D eigenvalue weighted by atomic mass is 9.94. The quantitative estimate of drug-likeness (QED) is 0.508. The van der Waals surface area contributed by atoms with E-state index < -0.39 is 48.5 Å². The third-order valence-electron chi connectivity index (χ3n) is 4.69. The maximum absolute atomic E-state index is 11.5. The summed E-state index contributed by atoms with van der Waals surface area (Å²) in [6.45, 7) is 0. The van der Waals surface area contributed by atoms with Crippen LogP contribution in [-0.2, 0) is 19.1 Å². The number of carbonyl (C=O) groups is 2. The first-order chi connectivity index (χ1) is 12.3. The van der Waals surface area contributed by atoms with Crippen molar-refractivity contribution in [3.63, 3.8) is 0 Å². The Hall–Kier alpha value is -2.83. The summed E-state index contributed by atoms with van der Waals surface area (Å²) in [6, 6.07) is 0. The zero-order chi connectivity index (χ0) is 18.6. The number of carboxylic acids is 2. The van der Waals surface area contributed by atoms with Crippen molar-refractivity contribution >= 4 is 28.9 Å². The van der Waals surface area contributed by atoms with Crippen molar-refractivity contribution in [3.05, 3.63) is 12.7 Å². The van der Waals surface area contributed by atoms with Gasteiger partial charge < -0.3 is 30.5 Å². The van der Waals surface area contributed by atoms with Crippen LogP contribution in [0.15, 0.2) is 12.7 Å². The smallest absolute Gasteiger partial charge is 0.336 e. The van der Waals surface area contributed by atoms with Crippen LogP contribution in [0.3, 0.4) is 0 Å². The van der Waals surface area contributed by atoms with E-state index in [2.05, 4.69) is 15.0 Å². The molecule has 2 aromatic heterocycles. The molecular weight excluding hydrogens is 350 g/mol. The summed E-state index contributed by atoms with van der Waals surface area (Å²) in [5.74, 6) is -2.55. The monoisotopic (exact) mass is 365 g/mol. The number of imidazole rings is 1. The lowest BCUT2D eigenvalue weighted by molar-refractivity contribution is -0.176. The van der Waals surface area contributed by atoms with Gasteiger partial charge in [0.05, 0.1) is 18.9 Å². The molecule has 1 unspecified atom stereocenters. The van der Waals surface area contributed by atoms with Crippen LogP contribution < -0.4 is 5.73 Å². The summed E-state index contributed by atoms with van der Waals surface area (Å²) < 4.78 is 12.7. The Balaban J connectivity index is 1.63. The molecule has 0 aromatic carbocycles. The molecule has 138 valence electrons. The fourth-order valence-electron chi connectivity index (χ4n) is 3.52. The van der Waals surface area contributed by atoms with E-state index in [9.17, 15) is 19.8 Å². The molecule has 5 N–H and O–H groups in total. The summed E-state index contributed by atoms with van der Waals surface area (Å²) >= 11 is 0. The van der Waals surface area contributed by atoms with Crippen LogP contribution >= 0.6 is 0 Å². The van der Waals surface area contributed by atoms with E-state index in [-0.39, 0.29) is 12.2 Å². The average molecular weight is 365 g/mol. The molecule has 12 nitrogen and oxygen atoms in total. The number of anilines is 1. The molecule has 0 saturated carbocycles. The summed E-state index contributed by atoms with van der Waals surface area (Å²) in [7, 11) is 0. The molecule has 26 heavy (non-hydrogen) atoms. The van der Waals surface area contributed by atoms with Gasteiger partial charge in [0.2, 0.25) is 0 Å². The van der Waals surface area contributed by atoms with Gasteiger partial charge in [0.15, 0.2) is 23.3 Å². The van der Waals surface area contributed by atoms with Gasteiger partial charge in [0, 0.05) is 6.42 Å². The molecule has 0 amide bonds. The minimum Gasteiger partial charge on any atom is -0.481 e. The largest absolute Gasteiger partial charge is 0.481 e. The highest BCUT2D eigenvalue weighted by Gasteiger charge is 2.60. The number of aliphatic hydroxyl groups is 1. The van der Waals surface area contributed by atoms with Gasteiger partial charge >= 0.3 is 11.9 Å². The van der Waals surface area contributed by atoms with E-state index in [0.29, 0.717) is 11.2 Å². The molecule has 0 aliphatic carbocycles. The first-order valence-corrected chi connectivity index (χ1v) is 7.72. The molecule has 2 saturated heterocycles. The molecule has 12 heteroatoms. The van der Waals surface area contributed by atoms with Crippen molar-refractivity contribution in [2.24, 2.45) is 0 Å². The van der Waals surface area contributed by atoms with Crippen LogP contribution in [0, 0.1) is 0 Å². The number of rotatable bonds is 4. The molecule has 0 bridgehead atoms. The number of aliphatic carboxylic acids is 2. The summed E-state index contributed by atoms with van der Waals surface area (Å²) in [5.41, 5.74) is 4.48. The Labute approximate surface area is 145 Å². The number of aliphatic hydroxyl groups excluding tert-OH is 1. The molecule has 0 spiro atoms. The zero-order valence-electron chi connectivity index (χ0n) is 13.2. The van der Waals surface area contributed by atoms with Crippen molar-refractivity contribution < 1.29 is 34.4 Å². The topological polar surface area (TPSA) is 183 Å². The van der Waals surface area contributed by atoms with Crippen LogP contribution in [0.5, 0.6) is 0 Å². The number of hydrogen-bond acceptors (Lipinski definition) is 9. The highest BCUT2D eigenvalue weighted by atomic mass is 16.6. The van der Waals surface area contributed by atoms with Crippen LogP contribution in [0.4, 0.5) is 5.82 Å². The van der Waals surface area contributed by atoms with Crippen LogP contribution in [0.25, 0.3) is 11.2 Å². The van der Waals surface area contributed by atoms with Gasteiger partial charge in [0.25, 0.3) is 0 Å². The van der Waals surface area contributed by atoms with Gasteiger partial charge in [-0.2, -0.15) is 0 Å². The second kappa shape index (κ2) is 5.59. The van der Waals surface area contributed by atoms with E-state index in [0.717, 1.165) is 0 Å². The number of nitrogens with zero attached hydrogens (tertiary/aromatic N) is 4. The third kappa shape index (κ3) is 2.30. The average Bonchev–Trinajstić information content (AvgIpc) is 3.21. The predicted octanol–water partition coefficient (Wildman–Crippen LogP) is -1.25. The van der Waals surface area contributed by atoms with E-state index in [1.807, 2.05) is 0 Å². The van der Waals surface area contributed by atoms with E-state index >= 15 is 0 Å². The standard InChI is InChI=1S/C14H15N5O7/c15-10-7-11(17-3-16-10)19(4-18-7)12-8(22)9-5(25-12)1-14(26-9,13(23)24)2-6(20)21/h3-5,8-9,12,22H,1-2H2,(H,20,21)(H,23,24)(H2,15,16,17)/t5-,8-,9-,12-,14?/m1/s1. The van der Waals surface area contributed by atoms with Gasteiger partial charge in [-0.3, -0.25) is 9.36 Å². The third-order valence-corrected chi connectivity index (χ3v) is 4.69. The van der Waals surface area contributed by atoms with Crippen LogP contribution in [-0.4, -0.2) is 70.7 Å². The number of carboxylic acid groups (broad SMARTS) is 2. The van der Waals surface area contributed by atoms with Crippen molar-refractivity contribution in [1.82, 2.24) is 19.5 Å². The Bertz CT molecular complexity index is 901. The molecule has 2 aliphatic rings.